The SMILES string of the molecule is OCC(O)CO[C@@H]1O[C@@H]([C@H](O)CO)[C@H](O)[C@H]1O[C@@H]1O[C@@H]([C@H](O)CO)[C@H](O)[C@H]1O. The van der Waals surface area contributed by atoms with E-state index in [0.29, 0.717) is 0 Å². The van der Waals surface area contributed by atoms with Crippen molar-refractivity contribution in [3.05, 3.63) is 0 Å². The molecule has 0 radical (unpaired) electrons. The summed E-state index contributed by atoms with van der Waals surface area (Å²) in [6.45, 7) is -2.52. The van der Waals surface area contributed by atoms with Crippen molar-refractivity contribution in [2.75, 3.05) is 26.4 Å². The maximum atomic E-state index is 10.4. The molecule has 0 aromatic heterocycles. The van der Waals surface area contributed by atoms with Crippen molar-refractivity contribution in [2.24, 2.45) is 0 Å². The van der Waals surface area contributed by atoms with Gasteiger partial charge >= 0.3 is 0 Å². The molecule has 0 aromatic rings. The van der Waals surface area contributed by atoms with Crippen LogP contribution < -0.4 is 0 Å². The molecule has 28 heavy (non-hydrogen) atoms. The van der Waals surface area contributed by atoms with Gasteiger partial charge in [0, 0.05) is 0 Å². The zero-order chi connectivity index (χ0) is 21.0. The van der Waals surface area contributed by atoms with Gasteiger partial charge in [-0.2, -0.15) is 0 Å². The summed E-state index contributed by atoms with van der Waals surface area (Å²) in [5, 5.41) is 86.1. The first-order chi connectivity index (χ1) is 13.2. The summed E-state index contributed by atoms with van der Waals surface area (Å²) in [6, 6.07) is 0. The molecule has 13 heteroatoms. The largest absolute Gasteiger partial charge is 0.394 e. The molecule has 2 aliphatic heterocycles. The highest BCUT2D eigenvalue weighted by Gasteiger charge is 2.53. The van der Waals surface area contributed by atoms with Gasteiger partial charge in [-0.15, -0.1) is 0 Å². The average molecular weight is 416 g/mol. The molecule has 0 amide bonds. The van der Waals surface area contributed by atoms with Gasteiger partial charge in [-0.05, 0) is 0 Å². The lowest BCUT2D eigenvalue weighted by molar-refractivity contribution is -0.254. The lowest BCUT2D eigenvalue weighted by atomic mass is 10.1. The smallest absolute Gasteiger partial charge is 0.187 e. The van der Waals surface area contributed by atoms with Gasteiger partial charge < -0.3 is 64.9 Å². The Morgan fingerprint density at radius 1 is 0.714 bits per heavy atom. The van der Waals surface area contributed by atoms with E-state index in [1.807, 2.05) is 0 Å². The number of ether oxygens (including phenoxy) is 4. The minimum atomic E-state index is -1.65. The molecule has 2 heterocycles. The van der Waals surface area contributed by atoms with Crippen molar-refractivity contribution >= 4 is 0 Å². The number of rotatable bonds is 10. The molecule has 1 unspecified atom stereocenters. The third-order valence-electron chi connectivity index (χ3n) is 4.58. The predicted octanol–water partition coefficient (Wildman–Crippen LogP) is -6.02. The van der Waals surface area contributed by atoms with Crippen molar-refractivity contribution < 1.29 is 64.9 Å². The first-order valence-corrected chi connectivity index (χ1v) is 8.74. The second-order valence-electron chi connectivity index (χ2n) is 6.68. The monoisotopic (exact) mass is 416 g/mol. The van der Waals surface area contributed by atoms with E-state index in [4.69, 9.17) is 34.3 Å². The van der Waals surface area contributed by atoms with Gasteiger partial charge in [-0.3, -0.25) is 0 Å². The fraction of sp³-hybridized carbons (Fsp3) is 1.00. The average Bonchev–Trinajstić information content (AvgIpc) is 3.16. The predicted molar refractivity (Wildman–Crippen MR) is 85.4 cm³/mol. The normalized spacial score (nSPS) is 41.9. The maximum Gasteiger partial charge on any atom is 0.187 e. The zero-order valence-corrected chi connectivity index (χ0v) is 14.8. The second kappa shape index (κ2) is 10.5. The zero-order valence-electron chi connectivity index (χ0n) is 14.8. The molecule has 0 spiro atoms. The Hall–Kier alpha value is -0.520. The fourth-order valence-electron chi connectivity index (χ4n) is 2.98. The van der Waals surface area contributed by atoms with Crippen LogP contribution in [-0.2, 0) is 18.9 Å². The van der Waals surface area contributed by atoms with E-state index in [0.717, 1.165) is 0 Å². The minimum Gasteiger partial charge on any atom is -0.394 e. The Morgan fingerprint density at radius 3 is 1.79 bits per heavy atom. The van der Waals surface area contributed by atoms with Crippen LogP contribution in [0.2, 0.25) is 0 Å². The Morgan fingerprint density at radius 2 is 1.25 bits per heavy atom. The molecule has 13 nitrogen and oxygen atoms in total. The van der Waals surface area contributed by atoms with Crippen LogP contribution >= 0.6 is 0 Å². The quantitative estimate of drug-likeness (QED) is 0.162. The van der Waals surface area contributed by atoms with Crippen molar-refractivity contribution in [2.45, 2.75) is 67.5 Å². The summed E-state index contributed by atoms with van der Waals surface area (Å²) >= 11 is 0. The molecule has 2 rings (SSSR count). The first-order valence-electron chi connectivity index (χ1n) is 8.74. The first kappa shape index (κ1) is 23.8. The summed E-state index contributed by atoms with van der Waals surface area (Å²) in [7, 11) is 0. The highest BCUT2D eigenvalue weighted by atomic mass is 16.8. The Bertz CT molecular complexity index is 467. The van der Waals surface area contributed by atoms with Crippen molar-refractivity contribution in [1.29, 1.82) is 0 Å². The fourth-order valence-corrected chi connectivity index (χ4v) is 2.98. The molecule has 166 valence electrons. The van der Waals surface area contributed by atoms with Gasteiger partial charge in [0.1, 0.15) is 54.9 Å². The van der Waals surface area contributed by atoms with Crippen molar-refractivity contribution in [1.82, 2.24) is 0 Å². The van der Waals surface area contributed by atoms with Crippen LogP contribution in [0.5, 0.6) is 0 Å². The van der Waals surface area contributed by atoms with Crippen LogP contribution in [-0.4, -0.2) is 140 Å². The van der Waals surface area contributed by atoms with E-state index in [1.54, 1.807) is 0 Å². The molecular weight excluding hydrogens is 388 g/mol. The number of aliphatic hydroxyl groups is 9. The number of aliphatic hydroxyl groups excluding tert-OH is 9. The molecule has 0 saturated carbocycles. The molecular formula is C15H28O13. The molecule has 2 saturated heterocycles. The molecule has 2 fully saturated rings. The molecule has 11 atom stereocenters. The molecule has 0 bridgehead atoms. The van der Waals surface area contributed by atoms with Gasteiger partial charge in [-0.1, -0.05) is 0 Å². The van der Waals surface area contributed by atoms with Crippen LogP contribution in [0.1, 0.15) is 0 Å². The lowest BCUT2D eigenvalue weighted by Gasteiger charge is -2.26. The maximum absolute atomic E-state index is 10.4. The Kier molecular flexibility index (Phi) is 8.90. The van der Waals surface area contributed by atoms with E-state index in [-0.39, 0.29) is 0 Å². The van der Waals surface area contributed by atoms with E-state index in [2.05, 4.69) is 0 Å². The number of hydrogen-bond donors (Lipinski definition) is 9. The summed E-state index contributed by atoms with van der Waals surface area (Å²) in [5.41, 5.74) is 0. The van der Waals surface area contributed by atoms with Gasteiger partial charge in [0.05, 0.1) is 26.4 Å². The summed E-state index contributed by atoms with van der Waals surface area (Å²) in [6.07, 6.45) is -16.1. The van der Waals surface area contributed by atoms with Crippen LogP contribution in [0.3, 0.4) is 0 Å². The third-order valence-corrected chi connectivity index (χ3v) is 4.58. The summed E-state index contributed by atoms with van der Waals surface area (Å²) < 4.78 is 21.2. The van der Waals surface area contributed by atoms with Crippen LogP contribution in [0.15, 0.2) is 0 Å². The van der Waals surface area contributed by atoms with E-state index in [1.165, 1.54) is 0 Å². The van der Waals surface area contributed by atoms with E-state index < -0.39 is 93.9 Å². The Balaban J connectivity index is 2.10. The highest BCUT2D eigenvalue weighted by Crippen LogP contribution is 2.32. The Labute approximate surface area is 159 Å². The standard InChI is InChI=1S/C15H28O13/c16-1-5(19)4-25-15-13(10(24)12(27-15)7(21)3-18)28-14-9(23)8(22)11(26-14)6(20)2-17/h5-24H,1-4H2/t5?,6-,7-,8-,9-,10+,11+,12+,13-,14+,15-/m1/s1. The molecule has 0 aromatic carbocycles. The molecule has 0 aliphatic carbocycles. The van der Waals surface area contributed by atoms with Gasteiger partial charge in [0.25, 0.3) is 0 Å². The van der Waals surface area contributed by atoms with Gasteiger partial charge in [0.2, 0.25) is 0 Å². The lowest BCUT2D eigenvalue weighted by Crippen LogP contribution is -2.45. The van der Waals surface area contributed by atoms with Crippen LogP contribution in [0.4, 0.5) is 0 Å². The number of hydrogen-bond acceptors (Lipinski definition) is 13. The summed E-state index contributed by atoms with van der Waals surface area (Å²) in [5.74, 6) is 0. The topological polar surface area (TPSA) is 219 Å². The highest BCUT2D eigenvalue weighted by molar-refractivity contribution is 4.95. The van der Waals surface area contributed by atoms with Crippen LogP contribution in [0, 0.1) is 0 Å². The summed E-state index contributed by atoms with van der Waals surface area (Å²) in [4.78, 5) is 0. The van der Waals surface area contributed by atoms with E-state index in [9.17, 15) is 30.6 Å². The van der Waals surface area contributed by atoms with Gasteiger partial charge in [-0.25, -0.2) is 0 Å². The van der Waals surface area contributed by atoms with Crippen molar-refractivity contribution in [3.8, 4) is 0 Å². The minimum absolute atomic E-state index is 0.418. The van der Waals surface area contributed by atoms with Crippen molar-refractivity contribution in [3.63, 3.8) is 0 Å². The van der Waals surface area contributed by atoms with Gasteiger partial charge in [0.15, 0.2) is 12.6 Å². The second-order valence-corrected chi connectivity index (χ2v) is 6.68. The third kappa shape index (κ3) is 5.14. The van der Waals surface area contributed by atoms with Crippen LogP contribution in [0.25, 0.3) is 0 Å². The molecule has 9 N–H and O–H groups in total. The molecule has 2 aliphatic rings. The van der Waals surface area contributed by atoms with E-state index >= 15 is 0 Å².